The van der Waals surface area contributed by atoms with Crippen LogP contribution in [-0.4, -0.2) is 37.8 Å². The summed E-state index contributed by atoms with van der Waals surface area (Å²) >= 11 is 0. The molecule has 3 aromatic rings. The first kappa shape index (κ1) is 28.9. The Morgan fingerprint density at radius 3 is 2.46 bits per heavy atom. The molecule has 1 aliphatic carbocycles. The molecule has 0 unspecified atom stereocenters. The van der Waals surface area contributed by atoms with Gasteiger partial charge in [0.05, 0.1) is 17.9 Å². The zero-order valence-electron chi connectivity index (χ0n) is 24.9. The third-order valence-corrected chi connectivity index (χ3v) is 8.23. The second-order valence-electron chi connectivity index (χ2n) is 11.0. The zero-order valence-corrected chi connectivity index (χ0v) is 24.9. The Kier molecular flexibility index (Phi) is 9.40. The first-order valence-corrected chi connectivity index (χ1v) is 15.1. The molecule has 41 heavy (non-hydrogen) atoms. The van der Waals surface area contributed by atoms with E-state index in [-0.39, 0.29) is 5.82 Å². The normalized spacial score (nSPS) is 15.7. The van der Waals surface area contributed by atoms with Crippen molar-refractivity contribution in [1.82, 2.24) is 10.3 Å². The second kappa shape index (κ2) is 13.3. The van der Waals surface area contributed by atoms with Crippen LogP contribution in [0, 0.1) is 5.82 Å². The summed E-state index contributed by atoms with van der Waals surface area (Å²) in [6.45, 7) is 13.1. The molecule has 1 aromatic heterocycles. The van der Waals surface area contributed by atoms with Crippen LogP contribution in [0.4, 0.5) is 15.8 Å². The maximum Gasteiger partial charge on any atom is 0.136 e. The number of aryl methyl sites for hydroxylation is 1. The zero-order chi connectivity index (χ0) is 28.8. The number of hydrogen-bond donors (Lipinski definition) is 2. The van der Waals surface area contributed by atoms with E-state index in [0.29, 0.717) is 23.6 Å². The minimum atomic E-state index is -0.323. The van der Waals surface area contributed by atoms with E-state index in [4.69, 9.17) is 9.72 Å². The van der Waals surface area contributed by atoms with Crippen molar-refractivity contribution in [3.63, 3.8) is 0 Å². The largest absolute Gasteiger partial charge is 0.493 e. The van der Waals surface area contributed by atoms with Crippen LogP contribution >= 0.6 is 0 Å². The van der Waals surface area contributed by atoms with Crippen LogP contribution in [0.1, 0.15) is 64.5 Å². The molecule has 2 fully saturated rings. The molecule has 0 amide bonds. The predicted molar refractivity (Wildman–Crippen MR) is 169 cm³/mol. The molecule has 1 aliphatic heterocycles. The minimum Gasteiger partial charge on any atom is -0.493 e. The van der Waals surface area contributed by atoms with Crippen molar-refractivity contribution in [2.45, 2.75) is 59.8 Å². The molecule has 1 saturated heterocycles. The van der Waals surface area contributed by atoms with Gasteiger partial charge in [-0.3, -0.25) is 4.98 Å². The monoisotopic (exact) mass is 554 g/mol. The molecular weight excluding hydrogens is 511 g/mol. The van der Waals surface area contributed by atoms with E-state index < -0.39 is 0 Å². The molecule has 5 rings (SSSR count). The average Bonchev–Trinajstić information content (AvgIpc) is 2.94. The fourth-order valence-corrected chi connectivity index (χ4v) is 5.90. The Labute approximate surface area is 244 Å². The van der Waals surface area contributed by atoms with E-state index >= 15 is 4.39 Å². The van der Waals surface area contributed by atoms with Crippen LogP contribution in [0.3, 0.4) is 0 Å². The van der Waals surface area contributed by atoms with Gasteiger partial charge in [-0.2, -0.15) is 0 Å². The number of halogens is 1. The van der Waals surface area contributed by atoms with Crippen molar-refractivity contribution in [2.75, 3.05) is 43.0 Å². The fraction of sp³-hybridized carbons (Fsp3) is 0.400. The van der Waals surface area contributed by atoms with Crippen LogP contribution in [0.25, 0.3) is 16.8 Å². The van der Waals surface area contributed by atoms with Crippen molar-refractivity contribution in [2.24, 2.45) is 0 Å². The predicted octanol–water partition coefficient (Wildman–Crippen LogP) is 7.99. The summed E-state index contributed by atoms with van der Waals surface area (Å²) in [5.74, 6) is 0.199. The van der Waals surface area contributed by atoms with Gasteiger partial charge < -0.3 is 20.3 Å². The smallest absolute Gasteiger partial charge is 0.136 e. The van der Waals surface area contributed by atoms with Crippen molar-refractivity contribution in [3.05, 3.63) is 88.5 Å². The molecule has 5 nitrogen and oxygen atoms in total. The maximum atomic E-state index is 15.2. The minimum absolute atomic E-state index is 0.323. The highest BCUT2D eigenvalue weighted by molar-refractivity contribution is 5.87. The van der Waals surface area contributed by atoms with Crippen LogP contribution in [-0.2, 0) is 6.42 Å². The Bertz CT molecular complexity index is 1410. The highest BCUT2D eigenvalue weighted by Crippen LogP contribution is 2.40. The standard InChI is InChI=1S/C35H43FN4O/c1-5-9-27-23-38-32(35-31(36)12-8-13-33(35)41-6-2)22-30(27)34(24(3)26-10-7-11-26)25(4)39-28-14-16-29(17-15-28)40-20-18-37-19-21-40/h8,12-17,22-23,37,39H,5-7,9-11,18-21H2,1-4H3/b34-25+. The summed E-state index contributed by atoms with van der Waals surface area (Å²) in [7, 11) is 0. The first-order chi connectivity index (χ1) is 20.0. The van der Waals surface area contributed by atoms with Crippen molar-refractivity contribution in [3.8, 4) is 17.0 Å². The topological polar surface area (TPSA) is 49.4 Å². The Hall–Kier alpha value is -3.64. The molecule has 0 radical (unpaired) electrons. The summed E-state index contributed by atoms with van der Waals surface area (Å²) in [5.41, 5.74) is 10.7. The van der Waals surface area contributed by atoms with Gasteiger partial charge in [0, 0.05) is 55.0 Å². The quantitative estimate of drug-likeness (QED) is 0.266. The molecule has 1 saturated carbocycles. The molecule has 2 N–H and O–H groups in total. The lowest BCUT2D eigenvalue weighted by Crippen LogP contribution is -2.43. The van der Waals surface area contributed by atoms with E-state index in [1.54, 1.807) is 6.07 Å². The number of rotatable bonds is 10. The van der Waals surface area contributed by atoms with Gasteiger partial charge in [-0.1, -0.05) is 25.0 Å². The summed E-state index contributed by atoms with van der Waals surface area (Å²) in [6.07, 6.45) is 7.33. The van der Waals surface area contributed by atoms with E-state index in [1.807, 2.05) is 19.2 Å². The van der Waals surface area contributed by atoms with Crippen LogP contribution in [0.15, 0.2) is 71.6 Å². The van der Waals surface area contributed by atoms with Crippen LogP contribution in [0.2, 0.25) is 0 Å². The van der Waals surface area contributed by atoms with Gasteiger partial charge in [-0.05, 0) is 106 Å². The number of pyridine rings is 1. The third-order valence-electron chi connectivity index (χ3n) is 8.23. The fourth-order valence-electron chi connectivity index (χ4n) is 5.90. The Morgan fingerprint density at radius 2 is 1.80 bits per heavy atom. The number of nitrogens with zero attached hydrogens (tertiary/aromatic N) is 2. The highest BCUT2D eigenvalue weighted by atomic mass is 19.1. The molecule has 2 heterocycles. The van der Waals surface area contributed by atoms with Crippen molar-refractivity contribution >= 4 is 16.9 Å². The summed E-state index contributed by atoms with van der Waals surface area (Å²) in [5, 5.41) is 7.14. The number of piperazine rings is 1. The number of benzene rings is 2. The highest BCUT2D eigenvalue weighted by Gasteiger charge is 2.22. The molecular formula is C35H43FN4O. The molecule has 216 valence electrons. The first-order valence-electron chi connectivity index (χ1n) is 15.1. The van der Waals surface area contributed by atoms with E-state index in [0.717, 1.165) is 68.8 Å². The van der Waals surface area contributed by atoms with Crippen molar-refractivity contribution < 1.29 is 9.13 Å². The van der Waals surface area contributed by atoms with E-state index in [2.05, 4.69) is 66.6 Å². The number of ether oxygens (including phenoxy) is 1. The maximum absolute atomic E-state index is 15.2. The van der Waals surface area contributed by atoms with Gasteiger partial charge in [-0.25, -0.2) is 4.39 Å². The summed E-state index contributed by atoms with van der Waals surface area (Å²) < 4.78 is 21.1. The van der Waals surface area contributed by atoms with Gasteiger partial charge in [0.2, 0.25) is 0 Å². The number of hydrogen-bond acceptors (Lipinski definition) is 5. The van der Waals surface area contributed by atoms with E-state index in [1.165, 1.54) is 40.5 Å². The average molecular weight is 555 g/mol. The number of anilines is 2. The second-order valence-corrected chi connectivity index (χ2v) is 11.0. The summed E-state index contributed by atoms with van der Waals surface area (Å²) in [4.78, 5) is 7.19. The lowest BCUT2D eigenvalue weighted by atomic mass is 9.82. The molecule has 0 atom stereocenters. The lowest BCUT2D eigenvalue weighted by Gasteiger charge is -2.29. The number of aromatic nitrogens is 1. The summed E-state index contributed by atoms with van der Waals surface area (Å²) in [6, 6.07) is 15.8. The number of allylic oxidation sites excluding steroid dienone is 4. The third kappa shape index (κ3) is 6.48. The van der Waals surface area contributed by atoms with Crippen LogP contribution in [0.5, 0.6) is 5.75 Å². The van der Waals surface area contributed by atoms with Crippen LogP contribution < -0.4 is 20.3 Å². The number of nitrogens with one attached hydrogen (secondary N) is 2. The van der Waals surface area contributed by atoms with E-state index in [9.17, 15) is 0 Å². The van der Waals surface area contributed by atoms with Crippen molar-refractivity contribution in [1.29, 1.82) is 0 Å². The SMILES string of the molecule is CCCc1cnc(-c2c(F)cccc2OCC)cc1/C(C(C)=C1CCC1)=C(\C)Nc1ccc(N2CCNCC2)cc1. The lowest BCUT2D eigenvalue weighted by molar-refractivity contribution is 0.340. The van der Waals surface area contributed by atoms with Gasteiger partial charge in [-0.15, -0.1) is 0 Å². The molecule has 6 heteroatoms. The van der Waals surface area contributed by atoms with Gasteiger partial charge in [0.15, 0.2) is 0 Å². The molecule has 2 aromatic carbocycles. The molecule has 2 aliphatic rings. The Morgan fingerprint density at radius 1 is 1.05 bits per heavy atom. The van der Waals surface area contributed by atoms with Gasteiger partial charge >= 0.3 is 0 Å². The van der Waals surface area contributed by atoms with Gasteiger partial charge in [0.25, 0.3) is 0 Å². The Balaban J connectivity index is 1.58. The molecule has 0 bridgehead atoms. The van der Waals surface area contributed by atoms with Gasteiger partial charge in [0.1, 0.15) is 11.6 Å². The molecule has 0 spiro atoms.